The molecule has 0 radical (unpaired) electrons. The number of nitrogen functional groups attached to an aromatic ring is 1. The smallest absolute Gasteiger partial charge is 0.259 e. The Morgan fingerprint density at radius 1 is 1.24 bits per heavy atom. The molecular formula is C16H14Br2N2O. The Labute approximate surface area is 140 Å². The Kier molecular flexibility index (Phi) is 3.80. The average Bonchev–Trinajstić information content (AvgIpc) is 2.84. The van der Waals surface area contributed by atoms with Gasteiger partial charge in [0.1, 0.15) is 0 Å². The lowest BCUT2D eigenvalue weighted by atomic mass is 10.1. The predicted molar refractivity (Wildman–Crippen MR) is 92.8 cm³/mol. The number of benzene rings is 2. The van der Waals surface area contributed by atoms with Gasteiger partial charge in [-0.05, 0) is 64.7 Å². The van der Waals surface area contributed by atoms with Gasteiger partial charge in [0.15, 0.2) is 0 Å². The molecule has 1 amide bonds. The first-order valence-corrected chi connectivity index (χ1v) is 8.22. The quantitative estimate of drug-likeness (QED) is 0.713. The second-order valence-electron chi connectivity index (χ2n) is 5.17. The van der Waals surface area contributed by atoms with Gasteiger partial charge in [-0.2, -0.15) is 0 Å². The molecular weight excluding hydrogens is 396 g/mol. The molecule has 1 heterocycles. The highest BCUT2D eigenvalue weighted by atomic mass is 79.9. The van der Waals surface area contributed by atoms with Crippen LogP contribution < -0.4 is 10.6 Å². The van der Waals surface area contributed by atoms with Crippen LogP contribution >= 0.6 is 31.9 Å². The minimum atomic E-state index is -0.00909. The SMILES string of the molecule is Cc1cc2c(cc1N)N(C(=O)c1cc(Br)ccc1Br)CC2. The van der Waals surface area contributed by atoms with Crippen LogP contribution in [-0.2, 0) is 6.42 Å². The van der Waals surface area contributed by atoms with Crippen molar-refractivity contribution in [2.75, 3.05) is 17.2 Å². The highest BCUT2D eigenvalue weighted by Gasteiger charge is 2.27. The summed E-state index contributed by atoms with van der Waals surface area (Å²) in [4.78, 5) is 14.6. The number of rotatable bonds is 1. The molecule has 1 aliphatic rings. The summed E-state index contributed by atoms with van der Waals surface area (Å²) in [5.74, 6) is -0.00909. The molecule has 3 nitrogen and oxygen atoms in total. The number of nitrogens with two attached hydrogens (primary N) is 1. The third kappa shape index (κ3) is 2.60. The summed E-state index contributed by atoms with van der Waals surface area (Å²) in [7, 11) is 0. The van der Waals surface area contributed by atoms with Crippen molar-refractivity contribution >= 4 is 49.1 Å². The first-order valence-electron chi connectivity index (χ1n) is 6.63. The molecule has 1 aliphatic heterocycles. The zero-order valence-corrected chi connectivity index (χ0v) is 14.7. The summed E-state index contributed by atoms with van der Waals surface area (Å²) in [5, 5.41) is 0. The minimum absolute atomic E-state index is 0.00909. The third-order valence-corrected chi connectivity index (χ3v) is 4.95. The maximum absolute atomic E-state index is 12.8. The van der Waals surface area contributed by atoms with Crippen LogP contribution in [0.1, 0.15) is 21.5 Å². The van der Waals surface area contributed by atoms with Crippen molar-refractivity contribution in [3.05, 3.63) is 56.0 Å². The number of hydrogen-bond donors (Lipinski definition) is 1. The molecule has 5 heteroatoms. The molecule has 2 aromatic carbocycles. The normalized spacial score (nSPS) is 13.4. The molecule has 0 unspecified atom stereocenters. The summed E-state index contributed by atoms with van der Waals surface area (Å²) in [6.07, 6.45) is 0.869. The van der Waals surface area contributed by atoms with Gasteiger partial charge in [0, 0.05) is 26.9 Å². The summed E-state index contributed by atoms with van der Waals surface area (Å²) >= 11 is 6.87. The molecule has 0 aromatic heterocycles. The number of nitrogens with zero attached hydrogens (tertiary/aromatic N) is 1. The number of carbonyl (C=O) groups excluding carboxylic acids is 1. The Balaban J connectivity index is 2.02. The molecule has 2 aromatic rings. The van der Waals surface area contributed by atoms with Crippen LogP contribution in [0.5, 0.6) is 0 Å². The Morgan fingerprint density at radius 3 is 2.76 bits per heavy atom. The van der Waals surface area contributed by atoms with E-state index < -0.39 is 0 Å². The molecule has 108 valence electrons. The Morgan fingerprint density at radius 2 is 2.00 bits per heavy atom. The number of halogens is 2. The van der Waals surface area contributed by atoms with Gasteiger partial charge < -0.3 is 10.6 Å². The van der Waals surface area contributed by atoms with Crippen molar-refractivity contribution in [3.63, 3.8) is 0 Å². The number of hydrogen-bond acceptors (Lipinski definition) is 2. The lowest BCUT2D eigenvalue weighted by Crippen LogP contribution is -2.29. The fourth-order valence-corrected chi connectivity index (χ4v) is 3.37. The van der Waals surface area contributed by atoms with Gasteiger partial charge in [-0.1, -0.05) is 22.0 Å². The second-order valence-corrected chi connectivity index (χ2v) is 6.94. The number of aryl methyl sites for hydroxylation is 1. The van der Waals surface area contributed by atoms with Crippen LogP contribution in [0.25, 0.3) is 0 Å². The summed E-state index contributed by atoms with van der Waals surface area (Å²) in [6, 6.07) is 9.59. The summed E-state index contributed by atoms with van der Waals surface area (Å²) in [6.45, 7) is 2.68. The van der Waals surface area contributed by atoms with Crippen molar-refractivity contribution in [2.45, 2.75) is 13.3 Å². The highest BCUT2D eigenvalue weighted by molar-refractivity contribution is 9.11. The Hall–Kier alpha value is -1.33. The van der Waals surface area contributed by atoms with Crippen molar-refractivity contribution in [1.82, 2.24) is 0 Å². The van der Waals surface area contributed by atoms with E-state index in [1.165, 1.54) is 5.56 Å². The summed E-state index contributed by atoms with van der Waals surface area (Å²) < 4.78 is 1.68. The van der Waals surface area contributed by atoms with E-state index in [0.717, 1.165) is 32.3 Å². The number of fused-ring (bicyclic) bond motifs is 1. The average molecular weight is 410 g/mol. The largest absolute Gasteiger partial charge is 0.398 e. The van der Waals surface area contributed by atoms with Crippen molar-refractivity contribution in [1.29, 1.82) is 0 Å². The molecule has 2 N–H and O–H groups in total. The van der Waals surface area contributed by atoms with E-state index >= 15 is 0 Å². The standard InChI is InChI=1S/C16H14Br2N2O/c1-9-6-10-4-5-20(15(10)8-14(9)19)16(21)12-7-11(17)2-3-13(12)18/h2-3,6-8H,4-5,19H2,1H3. The van der Waals surface area contributed by atoms with Gasteiger partial charge in [-0.3, -0.25) is 4.79 Å². The molecule has 0 atom stereocenters. The molecule has 3 rings (SSSR count). The van der Waals surface area contributed by atoms with Crippen LogP contribution in [0, 0.1) is 6.92 Å². The second kappa shape index (κ2) is 5.46. The van der Waals surface area contributed by atoms with E-state index in [0.29, 0.717) is 12.1 Å². The van der Waals surface area contributed by atoms with Crippen molar-refractivity contribution < 1.29 is 4.79 Å². The van der Waals surface area contributed by atoms with Crippen LogP contribution in [-0.4, -0.2) is 12.5 Å². The number of carbonyl (C=O) groups is 1. The first-order chi connectivity index (χ1) is 9.97. The van der Waals surface area contributed by atoms with Gasteiger partial charge in [-0.15, -0.1) is 0 Å². The zero-order valence-electron chi connectivity index (χ0n) is 11.5. The zero-order chi connectivity index (χ0) is 15.1. The van der Waals surface area contributed by atoms with E-state index in [4.69, 9.17) is 5.73 Å². The van der Waals surface area contributed by atoms with Gasteiger partial charge in [0.2, 0.25) is 0 Å². The van der Waals surface area contributed by atoms with Crippen molar-refractivity contribution in [2.24, 2.45) is 0 Å². The molecule has 0 spiro atoms. The number of amides is 1. The fourth-order valence-electron chi connectivity index (χ4n) is 2.59. The van der Waals surface area contributed by atoms with Crippen LogP contribution in [0.3, 0.4) is 0 Å². The molecule has 0 saturated carbocycles. The van der Waals surface area contributed by atoms with E-state index in [9.17, 15) is 4.79 Å². The van der Waals surface area contributed by atoms with Crippen molar-refractivity contribution in [3.8, 4) is 0 Å². The Bertz CT molecular complexity index is 743. The summed E-state index contributed by atoms with van der Waals surface area (Å²) in [5.41, 5.74) is 10.5. The number of anilines is 2. The van der Waals surface area contributed by atoms with Gasteiger partial charge in [0.25, 0.3) is 5.91 Å². The maximum Gasteiger partial charge on any atom is 0.259 e. The molecule has 0 saturated heterocycles. The van der Waals surface area contributed by atoms with E-state index in [1.807, 2.05) is 31.2 Å². The maximum atomic E-state index is 12.8. The van der Waals surface area contributed by atoms with E-state index in [2.05, 4.69) is 37.9 Å². The lowest BCUT2D eigenvalue weighted by Gasteiger charge is -2.19. The van der Waals surface area contributed by atoms with Crippen LogP contribution in [0.2, 0.25) is 0 Å². The highest BCUT2D eigenvalue weighted by Crippen LogP contribution is 2.34. The molecule has 21 heavy (non-hydrogen) atoms. The van der Waals surface area contributed by atoms with Gasteiger partial charge in [0.05, 0.1) is 5.56 Å². The molecule has 0 fully saturated rings. The van der Waals surface area contributed by atoms with Gasteiger partial charge >= 0.3 is 0 Å². The lowest BCUT2D eigenvalue weighted by molar-refractivity contribution is 0.0988. The monoisotopic (exact) mass is 408 g/mol. The molecule has 0 bridgehead atoms. The van der Waals surface area contributed by atoms with Crippen LogP contribution in [0.4, 0.5) is 11.4 Å². The fraction of sp³-hybridized carbons (Fsp3) is 0.188. The minimum Gasteiger partial charge on any atom is -0.398 e. The predicted octanol–water partition coefficient (Wildman–Crippen LogP) is 4.31. The van der Waals surface area contributed by atoms with Gasteiger partial charge in [-0.25, -0.2) is 0 Å². The molecule has 0 aliphatic carbocycles. The van der Waals surface area contributed by atoms with E-state index in [-0.39, 0.29) is 5.91 Å². The topological polar surface area (TPSA) is 46.3 Å². The third-order valence-electron chi connectivity index (χ3n) is 3.77. The first kappa shape index (κ1) is 14.6. The van der Waals surface area contributed by atoms with E-state index in [1.54, 1.807) is 4.90 Å². The van der Waals surface area contributed by atoms with Crippen LogP contribution in [0.15, 0.2) is 39.3 Å².